The van der Waals surface area contributed by atoms with Gasteiger partial charge in [0.15, 0.2) is 5.71 Å². The van der Waals surface area contributed by atoms with E-state index in [1.54, 1.807) is 0 Å². The fourth-order valence-corrected chi connectivity index (χ4v) is 3.27. The predicted molar refractivity (Wildman–Crippen MR) is 99.6 cm³/mol. The maximum atomic E-state index is 11.3. The summed E-state index contributed by atoms with van der Waals surface area (Å²) in [5.41, 5.74) is 4.57. The van der Waals surface area contributed by atoms with Crippen molar-refractivity contribution in [1.82, 2.24) is 0 Å². The van der Waals surface area contributed by atoms with Gasteiger partial charge in [-0.15, -0.1) is 0 Å². The number of carboxylic acids is 1. The number of fused-ring (bicyclic) bond motifs is 1. The zero-order valence-corrected chi connectivity index (χ0v) is 14.9. The molecule has 26 heavy (non-hydrogen) atoms. The largest absolute Gasteiger partial charge is 0.489 e. The summed E-state index contributed by atoms with van der Waals surface area (Å²) in [6.07, 6.45) is 4.94. The number of benzene rings is 2. The van der Waals surface area contributed by atoms with Crippen LogP contribution in [0.25, 0.3) is 0 Å². The summed E-state index contributed by atoms with van der Waals surface area (Å²) >= 11 is 0. The molecule has 0 radical (unpaired) electrons. The van der Waals surface area contributed by atoms with Gasteiger partial charge in [0.2, 0.25) is 0 Å². The van der Waals surface area contributed by atoms with Gasteiger partial charge in [-0.05, 0) is 60.1 Å². The molecule has 3 rings (SSSR count). The Morgan fingerprint density at radius 1 is 1.08 bits per heavy atom. The first-order valence-electron chi connectivity index (χ1n) is 8.82. The molecule has 0 bridgehead atoms. The van der Waals surface area contributed by atoms with Crippen LogP contribution in [0, 0.1) is 0 Å². The van der Waals surface area contributed by atoms with Gasteiger partial charge in [-0.2, -0.15) is 0 Å². The highest BCUT2D eigenvalue weighted by atomic mass is 16.6. The van der Waals surface area contributed by atoms with E-state index in [-0.39, 0.29) is 12.1 Å². The zero-order chi connectivity index (χ0) is 18.4. The van der Waals surface area contributed by atoms with Crippen molar-refractivity contribution in [2.45, 2.75) is 38.7 Å². The quantitative estimate of drug-likeness (QED) is 0.608. The zero-order valence-electron chi connectivity index (χ0n) is 14.9. The van der Waals surface area contributed by atoms with E-state index >= 15 is 0 Å². The van der Waals surface area contributed by atoms with E-state index < -0.39 is 5.97 Å². The second-order valence-electron chi connectivity index (χ2n) is 6.40. The molecule has 0 heterocycles. The molecule has 0 saturated heterocycles. The summed E-state index contributed by atoms with van der Waals surface area (Å²) in [5, 5.41) is 12.8. The van der Waals surface area contributed by atoms with Crippen molar-refractivity contribution in [2.75, 3.05) is 7.11 Å². The molecule has 1 N–H and O–H groups in total. The molecule has 1 aliphatic rings. The Kier molecular flexibility index (Phi) is 5.89. The summed E-state index contributed by atoms with van der Waals surface area (Å²) in [4.78, 5) is 15.9. The van der Waals surface area contributed by atoms with E-state index in [9.17, 15) is 9.90 Å². The molecule has 0 aliphatic heterocycles. The molecule has 0 spiro atoms. The van der Waals surface area contributed by atoms with Crippen LogP contribution in [-0.2, 0) is 35.5 Å². The summed E-state index contributed by atoms with van der Waals surface area (Å²) < 4.78 is 5.98. The highest BCUT2D eigenvalue weighted by Gasteiger charge is 2.15. The third-order valence-corrected chi connectivity index (χ3v) is 4.64. The van der Waals surface area contributed by atoms with Crippen LogP contribution in [0.2, 0.25) is 0 Å². The van der Waals surface area contributed by atoms with Gasteiger partial charge in [0.1, 0.15) is 19.5 Å². The molecule has 0 saturated carbocycles. The van der Waals surface area contributed by atoms with E-state index in [0.29, 0.717) is 6.61 Å². The Morgan fingerprint density at radius 3 is 2.54 bits per heavy atom. The number of nitrogens with zero attached hydrogens (tertiary/aromatic N) is 1. The second-order valence-corrected chi connectivity index (χ2v) is 6.40. The minimum absolute atomic E-state index is 0.0336. The van der Waals surface area contributed by atoms with E-state index in [1.165, 1.54) is 31.1 Å². The van der Waals surface area contributed by atoms with E-state index in [2.05, 4.69) is 22.1 Å². The minimum atomic E-state index is -1.09. The van der Waals surface area contributed by atoms with Gasteiger partial charge in [0, 0.05) is 6.42 Å². The average Bonchev–Trinajstić information content (AvgIpc) is 2.66. The lowest BCUT2D eigenvalue weighted by atomic mass is 9.92. The molecule has 0 fully saturated rings. The van der Waals surface area contributed by atoms with Crippen molar-refractivity contribution in [3.05, 3.63) is 64.7 Å². The van der Waals surface area contributed by atoms with Crippen LogP contribution in [0.5, 0.6) is 5.75 Å². The number of aliphatic carboxylic acids is 1. The molecule has 5 nitrogen and oxygen atoms in total. The van der Waals surface area contributed by atoms with Crippen molar-refractivity contribution < 1.29 is 19.5 Å². The monoisotopic (exact) mass is 353 g/mol. The van der Waals surface area contributed by atoms with Gasteiger partial charge in [-0.25, -0.2) is 4.79 Å². The van der Waals surface area contributed by atoms with Crippen molar-refractivity contribution in [1.29, 1.82) is 0 Å². The standard InChI is InChI=1S/C21H23NO4/c1-25-22-20(21(23)24)13-17-8-4-5-9-18(17)14-26-19-11-10-15-6-2-3-7-16(15)12-19/h4-5,8-12H,2-3,6-7,13-14H2,1H3,(H,23,24). The molecule has 1 aliphatic carbocycles. The fourth-order valence-electron chi connectivity index (χ4n) is 3.27. The van der Waals surface area contributed by atoms with Crippen LogP contribution >= 0.6 is 0 Å². The Morgan fingerprint density at radius 2 is 1.81 bits per heavy atom. The number of carbonyl (C=O) groups is 1. The lowest BCUT2D eigenvalue weighted by molar-refractivity contribution is -0.129. The predicted octanol–water partition coefficient (Wildman–Crippen LogP) is 3.77. The molecule has 2 aromatic carbocycles. The van der Waals surface area contributed by atoms with Gasteiger partial charge in [0.05, 0.1) is 0 Å². The highest BCUT2D eigenvalue weighted by Crippen LogP contribution is 2.26. The molecule has 0 aromatic heterocycles. The number of hydrogen-bond donors (Lipinski definition) is 1. The Labute approximate surface area is 153 Å². The fraction of sp³-hybridized carbons (Fsp3) is 0.333. The highest BCUT2D eigenvalue weighted by molar-refractivity contribution is 6.35. The van der Waals surface area contributed by atoms with Crippen molar-refractivity contribution in [3.8, 4) is 5.75 Å². The smallest absolute Gasteiger partial charge is 0.354 e. The molecule has 136 valence electrons. The van der Waals surface area contributed by atoms with Crippen molar-refractivity contribution in [2.24, 2.45) is 5.16 Å². The van der Waals surface area contributed by atoms with Crippen molar-refractivity contribution in [3.63, 3.8) is 0 Å². The van der Waals surface area contributed by atoms with E-state index in [1.807, 2.05) is 30.3 Å². The lowest BCUT2D eigenvalue weighted by Crippen LogP contribution is -2.17. The van der Waals surface area contributed by atoms with Gasteiger partial charge in [0.25, 0.3) is 0 Å². The minimum Gasteiger partial charge on any atom is -0.489 e. The van der Waals surface area contributed by atoms with Crippen LogP contribution in [0.1, 0.15) is 35.1 Å². The first-order valence-corrected chi connectivity index (χ1v) is 8.82. The number of ether oxygens (including phenoxy) is 1. The van der Waals surface area contributed by atoms with Crippen LogP contribution in [-0.4, -0.2) is 23.9 Å². The van der Waals surface area contributed by atoms with Crippen molar-refractivity contribution >= 4 is 11.7 Å². The topological polar surface area (TPSA) is 68.1 Å². The van der Waals surface area contributed by atoms with E-state index in [4.69, 9.17) is 4.74 Å². The first-order chi connectivity index (χ1) is 12.7. The molecule has 0 amide bonds. The van der Waals surface area contributed by atoms with Gasteiger partial charge in [-0.1, -0.05) is 35.5 Å². The molecular formula is C21H23NO4. The van der Waals surface area contributed by atoms with Gasteiger partial charge in [-0.3, -0.25) is 0 Å². The average molecular weight is 353 g/mol. The van der Waals surface area contributed by atoms with Crippen LogP contribution < -0.4 is 4.74 Å². The number of carboxylic acid groups (broad SMARTS) is 1. The Balaban J connectivity index is 1.72. The Bertz CT molecular complexity index is 813. The molecule has 0 unspecified atom stereocenters. The summed E-state index contributed by atoms with van der Waals surface area (Å²) in [6, 6.07) is 13.9. The SMILES string of the molecule is CON=C(Cc1ccccc1COc1ccc2c(c1)CCCC2)C(=O)O. The number of rotatable bonds is 7. The van der Waals surface area contributed by atoms with Gasteiger partial charge < -0.3 is 14.7 Å². The maximum Gasteiger partial charge on any atom is 0.354 e. The number of aryl methyl sites for hydroxylation is 2. The molecule has 2 aromatic rings. The Hall–Kier alpha value is -2.82. The number of oxime groups is 1. The molecular weight excluding hydrogens is 330 g/mol. The summed E-state index contributed by atoms with van der Waals surface area (Å²) in [7, 11) is 1.34. The number of hydrogen-bond acceptors (Lipinski definition) is 4. The summed E-state index contributed by atoms with van der Waals surface area (Å²) in [6.45, 7) is 0.384. The first kappa shape index (κ1) is 18.0. The maximum absolute atomic E-state index is 11.3. The molecule has 0 atom stereocenters. The third kappa shape index (κ3) is 4.42. The third-order valence-electron chi connectivity index (χ3n) is 4.64. The normalized spacial score (nSPS) is 13.8. The lowest BCUT2D eigenvalue weighted by Gasteiger charge is -2.17. The second kappa shape index (κ2) is 8.52. The molecule has 5 heteroatoms. The van der Waals surface area contributed by atoms with Gasteiger partial charge >= 0.3 is 5.97 Å². The van der Waals surface area contributed by atoms with Crippen LogP contribution in [0.15, 0.2) is 47.6 Å². The van der Waals surface area contributed by atoms with Crippen LogP contribution in [0.4, 0.5) is 0 Å². The summed E-state index contributed by atoms with van der Waals surface area (Å²) in [5.74, 6) is -0.235. The van der Waals surface area contributed by atoms with E-state index in [0.717, 1.165) is 29.7 Å². The van der Waals surface area contributed by atoms with Crippen LogP contribution in [0.3, 0.4) is 0 Å².